The number of fused-ring (bicyclic) bond motifs is 4. The van der Waals surface area contributed by atoms with Crippen LogP contribution in [-0.4, -0.2) is 42.4 Å². The molecule has 0 amide bonds. The molecule has 1 N–H and O–H groups in total. The van der Waals surface area contributed by atoms with Crippen LogP contribution in [0.25, 0.3) is 11.0 Å². The minimum atomic E-state index is -1.02. The van der Waals surface area contributed by atoms with Gasteiger partial charge in [-0.05, 0) is 35.2 Å². The minimum absolute atomic E-state index is 0.139. The van der Waals surface area contributed by atoms with Crippen molar-refractivity contribution in [3.63, 3.8) is 0 Å². The molecule has 3 aromatic carbocycles. The number of rotatable bonds is 7. The SMILES string of the molecule is O=c1ccc2ccc(OCC[N+]34CCC(CC3)[C@@H](C(O)(c3ccccc3)c3ccccc3)C4)cc2o1. The van der Waals surface area contributed by atoms with Gasteiger partial charge in [-0.3, -0.25) is 0 Å². The summed E-state index contributed by atoms with van der Waals surface area (Å²) in [5.41, 5.74) is 1.11. The van der Waals surface area contributed by atoms with Crippen molar-refractivity contribution in [3.8, 4) is 5.75 Å². The summed E-state index contributed by atoms with van der Waals surface area (Å²) in [6, 6.07) is 29.2. The number of ether oxygens (including phenoxy) is 1. The lowest BCUT2D eigenvalue weighted by Gasteiger charge is -2.56. The smallest absolute Gasteiger partial charge is 0.336 e. The molecule has 0 aliphatic carbocycles. The molecule has 3 aliphatic heterocycles. The summed E-state index contributed by atoms with van der Waals surface area (Å²) in [5.74, 6) is 1.35. The van der Waals surface area contributed by atoms with E-state index in [0.717, 1.165) is 60.0 Å². The van der Waals surface area contributed by atoms with Crippen molar-refractivity contribution in [2.24, 2.45) is 11.8 Å². The van der Waals surface area contributed by atoms with Gasteiger partial charge in [0.25, 0.3) is 0 Å². The van der Waals surface area contributed by atoms with Crippen LogP contribution in [0, 0.1) is 11.8 Å². The molecule has 7 rings (SSSR count). The molecule has 2 bridgehead atoms. The Labute approximate surface area is 211 Å². The first-order valence-electron chi connectivity index (χ1n) is 12.9. The number of hydrogen-bond donors (Lipinski definition) is 1. The molecule has 5 heteroatoms. The summed E-state index contributed by atoms with van der Waals surface area (Å²) in [6.45, 7) is 4.64. The summed E-state index contributed by atoms with van der Waals surface area (Å²) < 4.78 is 12.4. The highest BCUT2D eigenvalue weighted by atomic mass is 16.5. The highest BCUT2D eigenvalue weighted by Gasteiger charge is 2.54. The Morgan fingerprint density at radius 2 is 1.53 bits per heavy atom. The standard InChI is InChI=1S/C31H32NO4/c33-30-14-12-24-11-13-27(21-29(24)36-30)35-20-19-32-17-15-23(16-18-32)28(22-32)31(34,25-7-3-1-4-8-25)26-9-5-2-6-10-26/h1-14,21,23,28,34H,15-20,22H2/q+1/t23?,28-,32?/m0/s1. The van der Waals surface area contributed by atoms with E-state index in [4.69, 9.17) is 9.15 Å². The van der Waals surface area contributed by atoms with Crippen LogP contribution in [0.15, 0.2) is 100 Å². The van der Waals surface area contributed by atoms with Gasteiger partial charge in [0.15, 0.2) is 0 Å². The monoisotopic (exact) mass is 482 g/mol. The number of quaternary nitrogens is 1. The van der Waals surface area contributed by atoms with Crippen molar-refractivity contribution >= 4 is 11.0 Å². The highest BCUT2D eigenvalue weighted by Crippen LogP contribution is 2.49. The average Bonchev–Trinajstić information content (AvgIpc) is 2.94. The van der Waals surface area contributed by atoms with Gasteiger partial charge in [-0.1, -0.05) is 60.7 Å². The van der Waals surface area contributed by atoms with E-state index >= 15 is 0 Å². The van der Waals surface area contributed by atoms with Gasteiger partial charge in [-0.25, -0.2) is 4.79 Å². The minimum Gasteiger partial charge on any atom is -0.488 e. The van der Waals surface area contributed by atoms with Crippen molar-refractivity contribution in [2.45, 2.75) is 18.4 Å². The molecule has 5 nitrogen and oxygen atoms in total. The third kappa shape index (κ3) is 4.12. The molecule has 3 fully saturated rings. The Morgan fingerprint density at radius 1 is 0.889 bits per heavy atom. The summed E-state index contributed by atoms with van der Waals surface area (Å²) in [7, 11) is 0. The predicted octanol–water partition coefficient (Wildman–Crippen LogP) is 4.96. The summed E-state index contributed by atoms with van der Waals surface area (Å²) in [5, 5.41) is 13.3. The Hall–Kier alpha value is -3.41. The Kier molecular flexibility index (Phi) is 5.90. The van der Waals surface area contributed by atoms with Gasteiger partial charge in [-0.15, -0.1) is 0 Å². The van der Waals surface area contributed by atoms with E-state index in [-0.39, 0.29) is 11.5 Å². The fourth-order valence-corrected chi connectivity index (χ4v) is 6.54. The van der Waals surface area contributed by atoms with Crippen LogP contribution in [0.2, 0.25) is 0 Å². The Balaban J connectivity index is 1.23. The number of benzene rings is 3. The lowest BCUT2D eigenvalue weighted by atomic mass is 9.64. The molecule has 3 saturated heterocycles. The second-order valence-corrected chi connectivity index (χ2v) is 10.4. The lowest BCUT2D eigenvalue weighted by molar-refractivity contribution is -0.948. The molecule has 0 radical (unpaired) electrons. The second kappa shape index (κ2) is 9.23. The van der Waals surface area contributed by atoms with Crippen LogP contribution in [0.3, 0.4) is 0 Å². The number of aliphatic hydroxyl groups is 1. The first-order chi connectivity index (χ1) is 17.6. The quantitative estimate of drug-likeness (QED) is 0.299. The molecule has 3 aliphatic rings. The number of hydrogen-bond acceptors (Lipinski definition) is 4. The molecule has 0 unspecified atom stereocenters. The van der Waals surface area contributed by atoms with E-state index in [1.165, 1.54) is 6.07 Å². The van der Waals surface area contributed by atoms with Gasteiger partial charge in [0, 0.05) is 36.3 Å². The summed E-state index contributed by atoms with van der Waals surface area (Å²) >= 11 is 0. The summed E-state index contributed by atoms with van der Waals surface area (Å²) in [6.07, 6.45) is 2.24. The molecule has 4 heterocycles. The maximum absolute atomic E-state index is 12.5. The molecule has 1 atom stereocenters. The van der Waals surface area contributed by atoms with Crippen LogP contribution in [0.1, 0.15) is 24.0 Å². The highest BCUT2D eigenvalue weighted by molar-refractivity contribution is 5.77. The third-order valence-corrected chi connectivity index (χ3v) is 8.49. The molecular weight excluding hydrogens is 450 g/mol. The van der Waals surface area contributed by atoms with E-state index in [2.05, 4.69) is 24.3 Å². The van der Waals surface area contributed by atoms with Gasteiger partial charge >= 0.3 is 5.63 Å². The molecule has 4 aromatic rings. The zero-order valence-corrected chi connectivity index (χ0v) is 20.4. The van der Waals surface area contributed by atoms with Crippen molar-refractivity contribution in [1.82, 2.24) is 0 Å². The number of nitrogens with zero attached hydrogens (tertiary/aromatic N) is 1. The van der Waals surface area contributed by atoms with Crippen molar-refractivity contribution in [1.29, 1.82) is 0 Å². The third-order valence-electron chi connectivity index (χ3n) is 8.49. The molecule has 36 heavy (non-hydrogen) atoms. The van der Waals surface area contributed by atoms with E-state index in [1.54, 1.807) is 12.1 Å². The molecule has 1 aromatic heterocycles. The fraction of sp³-hybridized carbons (Fsp3) is 0.323. The first kappa shape index (κ1) is 23.0. The maximum atomic E-state index is 12.5. The van der Waals surface area contributed by atoms with E-state index in [9.17, 15) is 9.90 Å². The molecule has 0 spiro atoms. The lowest BCUT2D eigenvalue weighted by Crippen LogP contribution is -2.66. The first-order valence-corrected chi connectivity index (χ1v) is 12.9. The molecule has 0 saturated carbocycles. The fourth-order valence-electron chi connectivity index (χ4n) is 6.54. The van der Waals surface area contributed by atoms with Crippen LogP contribution >= 0.6 is 0 Å². The van der Waals surface area contributed by atoms with E-state index < -0.39 is 5.60 Å². The predicted molar refractivity (Wildman–Crippen MR) is 140 cm³/mol. The second-order valence-electron chi connectivity index (χ2n) is 10.4. The van der Waals surface area contributed by atoms with Crippen LogP contribution in [-0.2, 0) is 5.60 Å². The van der Waals surface area contributed by atoms with Crippen LogP contribution < -0.4 is 10.4 Å². The van der Waals surface area contributed by atoms with Crippen molar-refractivity contribution < 1.29 is 18.7 Å². The normalized spacial score (nSPS) is 23.6. The zero-order chi connectivity index (χ0) is 24.6. The van der Waals surface area contributed by atoms with Crippen LogP contribution in [0.5, 0.6) is 5.75 Å². The van der Waals surface area contributed by atoms with Crippen molar-refractivity contribution in [2.75, 3.05) is 32.8 Å². The number of piperidine rings is 3. The van der Waals surface area contributed by atoms with Crippen molar-refractivity contribution in [3.05, 3.63) is 113 Å². The Morgan fingerprint density at radius 3 is 2.19 bits per heavy atom. The van der Waals surface area contributed by atoms with Gasteiger partial charge in [0.1, 0.15) is 30.1 Å². The Bertz CT molecular complexity index is 1350. The van der Waals surface area contributed by atoms with Gasteiger partial charge in [0.05, 0.1) is 19.6 Å². The van der Waals surface area contributed by atoms with E-state index in [1.807, 2.05) is 48.5 Å². The van der Waals surface area contributed by atoms with Gasteiger partial charge < -0.3 is 18.7 Å². The average molecular weight is 483 g/mol. The molecular formula is C31H32NO4+. The molecule has 184 valence electrons. The van der Waals surface area contributed by atoms with Gasteiger partial charge in [-0.2, -0.15) is 0 Å². The largest absolute Gasteiger partial charge is 0.488 e. The van der Waals surface area contributed by atoms with Crippen LogP contribution in [0.4, 0.5) is 0 Å². The van der Waals surface area contributed by atoms with E-state index in [0.29, 0.717) is 23.9 Å². The maximum Gasteiger partial charge on any atom is 0.336 e. The zero-order valence-electron chi connectivity index (χ0n) is 20.4. The summed E-state index contributed by atoms with van der Waals surface area (Å²) in [4.78, 5) is 11.6. The topological polar surface area (TPSA) is 59.7 Å². The van der Waals surface area contributed by atoms with Gasteiger partial charge in [0.2, 0.25) is 0 Å².